The molecule has 1 aliphatic rings. The first-order valence-corrected chi connectivity index (χ1v) is 10.9. The van der Waals surface area contributed by atoms with E-state index >= 15 is 0 Å². The molecule has 0 unspecified atom stereocenters. The number of nitrogens with zero attached hydrogens (tertiary/aromatic N) is 5. The molecule has 4 aromatic rings. The van der Waals surface area contributed by atoms with E-state index in [1.807, 2.05) is 24.5 Å². The Labute approximate surface area is 185 Å². The Balaban J connectivity index is 1.54. The standard InChI is InChI=1S/C22H26ClN7O/c1-29(13-5-3-4-12(24)8-13)18-10-25-21-15(9-26-22(21)27-18)14-6-7-16-19(20(14)23)17(11-31)30(2)28-16/h6-7,9-10,12-13,31H,3-5,8,11,24H2,1-2H3,(H,26,27)/t12-,13-/m1/s1. The van der Waals surface area contributed by atoms with Crippen molar-refractivity contribution in [2.45, 2.75) is 44.4 Å². The number of fused-ring (bicyclic) bond motifs is 2. The first-order valence-electron chi connectivity index (χ1n) is 10.6. The third-order valence-corrected chi connectivity index (χ3v) is 6.85. The second kappa shape index (κ2) is 7.78. The Hall–Kier alpha value is -2.68. The average molecular weight is 440 g/mol. The summed E-state index contributed by atoms with van der Waals surface area (Å²) in [7, 11) is 3.86. The number of aliphatic hydroxyl groups is 1. The van der Waals surface area contributed by atoms with E-state index in [9.17, 15) is 5.11 Å². The first-order chi connectivity index (χ1) is 15.0. The third-order valence-electron chi connectivity index (χ3n) is 6.46. The average Bonchev–Trinajstić information content (AvgIpc) is 3.33. The number of H-pyrrole nitrogens is 1. The van der Waals surface area contributed by atoms with Crippen LogP contribution in [0.5, 0.6) is 0 Å². The van der Waals surface area contributed by atoms with Crippen molar-refractivity contribution in [3.63, 3.8) is 0 Å². The highest BCUT2D eigenvalue weighted by Crippen LogP contribution is 2.38. The molecule has 0 bridgehead atoms. The van der Waals surface area contributed by atoms with Crippen molar-refractivity contribution in [3.8, 4) is 11.1 Å². The number of benzene rings is 1. The Morgan fingerprint density at radius 1 is 1.32 bits per heavy atom. The fourth-order valence-corrected chi connectivity index (χ4v) is 5.07. The quantitative estimate of drug-likeness (QED) is 0.450. The minimum Gasteiger partial charge on any atom is -0.390 e. The van der Waals surface area contributed by atoms with E-state index in [1.165, 1.54) is 0 Å². The normalized spacial score (nSPS) is 19.4. The Morgan fingerprint density at radius 2 is 2.16 bits per heavy atom. The summed E-state index contributed by atoms with van der Waals surface area (Å²) < 4.78 is 1.66. The van der Waals surface area contributed by atoms with Gasteiger partial charge in [-0.2, -0.15) is 5.10 Å². The Bertz CT molecular complexity index is 1260. The maximum Gasteiger partial charge on any atom is 0.159 e. The van der Waals surface area contributed by atoms with Gasteiger partial charge in [0.1, 0.15) is 11.3 Å². The van der Waals surface area contributed by atoms with Crippen LogP contribution < -0.4 is 10.6 Å². The second-order valence-electron chi connectivity index (χ2n) is 8.37. The summed E-state index contributed by atoms with van der Waals surface area (Å²) in [5, 5.41) is 15.5. The van der Waals surface area contributed by atoms with Crippen molar-refractivity contribution < 1.29 is 5.11 Å². The maximum absolute atomic E-state index is 9.77. The molecule has 0 radical (unpaired) electrons. The molecule has 0 amide bonds. The Kier molecular flexibility index (Phi) is 5.08. The number of anilines is 1. The van der Waals surface area contributed by atoms with E-state index in [1.54, 1.807) is 11.7 Å². The predicted molar refractivity (Wildman–Crippen MR) is 123 cm³/mol. The van der Waals surface area contributed by atoms with Crippen LogP contribution >= 0.6 is 11.6 Å². The molecule has 8 nitrogen and oxygen atoms in total. The van der Waals surface area contributed by atoms with Gasteiger partial charge in [-0.15, -0.1) is 0 Å². The molecule has 0 aliphatic heterocycles. The Morgan fingerprint density at radius 3 is 2.94 bits per heavy atom. The molecule has 9 heteroatoms. The van der Waals surface area contributed by atoms with E-state index in [0.717, 1.165) is 59.0 Å². The van der Waals surface area contributed by atoms with E-state index in [0.29, 0.717) is 22.4 Å². The largest absolute Gasteiger partial charge is 0.390 e. The van der Waals surface area contributed by atoms with Crippen LogP contribution in [-0.2, 0) is 13.7 Å². The molecule has 3 aromatic heterocycles. The van der Waals surface area contributed by atoms with Gasteiger partial charge in [0.25, 0.3) is 0 Å². The smallest absolute Gasteiger partial charge is 0.159 e. The van der Waals surface area contributed by atoms with Crippen LogP contribution in [0.25, 0.3) is 33.2 Å². The maximum atomic E-state index is 9.77. The van der Waals surface area contributed by atoms with Crippen molar-refractivity contribution in [2.24, 2.45) is 12.8 Å². The van der Waals surface area contributed by atoms with Crippen LogP contribution in [0.15, 0.2) is 24.5 Å². The molecular formula is C22H26ClN7O. The minimum atomic E-state index is -0.135. The highest BCUT2D eigenvalue weighted by atomic mass is 35.5. The first kappa shape index (κ1) is 20.2. The van der Waals surface area contributed by atoms with Crippen molar-refractivity contribution in [1.29, 1.82) is 0 Å². The van der Waals surface area contributed by atoms with Crippen LogP contribution in [-0.4, -0.2) is 49.0 Å². The lowest BCUT2D eigenvalue weighted by Crippen LogP contribution is -2.41. The van der Waals surface area contributed by atoms with Gasteiger partial charge in [0.15, 0.2) is 5.65 Å². The number of nitrogens with two attached hydrogens (primary N) is 1. The van der Waals surface area contributed by atoms with Gasteiger partial charge >= 0.3 is 0 Å². The highest BCUT2D eigenvalue weighted by Gasteiger charge is 2.24. The summed E-state index contributed by atoms with van der Waals surface area (Å²) in [5.41, 5.74) is 10.8. The number of aromatic amines is 1. The molecule has 1 fully saturated rings. The van der Waals surface area contributed by atoms with Gasteiger partial charge in [0.2, 0.25) is 0 Å². The van der Waals surface area contributed by atoms with Crippen molar-refractivity contribution in [3.05, 3.63) is 35.2 Å². The number of aromatic nitrogens is 5. The monoisotopic (exact) mass is 439 g/mol. The number of hydrogen-bond donors (Lipinski definition) is 3. The highest BCUT2D eigenvalue weighted by molar-refractivity contribution is 6.38. The fourth-order valence-electron chi connectivity index (χ4n) is 4.70. The summed E-state index contributed by atoms with van der Waals surface area (Å²) in [6.07, 6.45) is 8.02. The van der Waals surface area contributed by atoms with Crippen LogP contribution in [0.4, 0.5) is 5.82 Å². The zero-order valence-electron chi connectivity index (χ0n) is 17.6. The van der Waals surface area contributed by atoms with Crippen LogP contribution in [0.3, 0.4) is 0 Å². The molecule has 0 spiro atoms. The number of halogens is 1. The van der Waals surface area contributed by atoms with Gasteiger partial charge in [-0.05, 0) is 31.7 Å². The lowest BCUT2D eigenvalue weighted by atomic mass is 9.91. The lowest BCUT2D eigenvalue weighted by molar-refractivity contribution is 0.272. The molecule has 1 saturated carbocycles. The van der Waals surface area contributed by atoms with Gasteiger partial charge in [0.05, 0.1) is 29.0 Å². The molecule has 1 aromatic carbocycles. The van der Waals surface area contributed by atoms with Gasteiger partial charge in [0, 0.05) is 48.9 Å². The number of nitrogens with one attached hydrogen (secondary N) is 1. The molecule has 31 heavy (non-hydrogen) atoms. The molecule has 3 heterocycles. The molecular weight excluding hydrogens is 414 g/mol. The number of rotatable bonds is 4. The second-order valence-corrected chi connectivity index (χ2v) is 8.75. The number of hydrogen-bond acceptors (Lipinski definition) is 6. The van der Waals surface area contributed by atoms with Gasteiger partial charge in [-0.25, -0.2) is 9.97 Å². The zero-order chi connectivity index (χ0) is 21.7. The topological polar surface area (TPSA) is 109 Å². The SMILES string of the molecule is CN(c1cnc2c(-c3ccc4nn(C)c(CO)c4c3Cl)c[nH]c2n1)[C@@H]1CCC[C@@H](N)C1. The van der Waals surface area contributed by atoms with Gasteiger partial charge in [-0.1, -0.05) is 17.7 Å². The summed E-state index contributed by atoms with van der Waals surface area (Å²) in [6, 6.07) is 4.48. The van der Waals surface area contributed by atoms with Crippen LogP contribution in [0.2, 0.25) is 5.02 Å². The summed E-state index contributed by atoms with van der Waals surface area (Å²) in [5.74, 6) is 0.830. The summed E-state index contributed by atoms with van der Waals surface area (Å²) >= 11 is 6.78. The zero-order valence-corrected chi connectivity index (χ0v) is 18.4. The fraction of sp³-hybridized carbons (Fsp3) is 0.409. The molecule has 162 valence electrons. The lowest BCUT2D eigenvalue weighted by Gasteiger charge is -2.34. The van der Waals surface area contributed by atoms with Gasteiger partial charge < -0.3 is 20.7 Å². The van der Waals surface area contributed by atoms with E-state index in [2.05, 4.69) is 22.0 Å². The molecule has 5 rings (SSSR count). The van der Waals surface area contributed by atoms with Crippen molar-refractivity contribution >= 4 is 39.5 Å². The van der Waals surface area contributed by atoms with Crippen LogP contribution in [0.1, 0.15) is 31.4 Å². The van der Waals surface area contributed by atoms with Gasteiger partial charge in [-0.3, -0.25) is 4.68 Å². The minimum absolute atomic E-state index is 0.135. The summed E-state index contributed by atoms with van der Waals surface area (Å²) in [6.45, 7) is -0.135. The number of aryl methyl sites for hydroxylation is 1. The van der Waals surface area contributed by atoms with Crippen molar-refractivity contribution in [1.82, 2.24) is 24.7 Å². The predicted octanol–water partition coefficient (Wildman–Crippen LogP) is 3.36. The third kappa shape index (κ3) is 3.35. The van der Waals surface area contributed by atoms with E-state index < -0.39 is 0 Å². The molecule has 4 N–H and O–H groups in total. The van der Waals surface area contributed by atoms with E-state index in [4.69, 9.17) is 27.3 Å². The molecule has 2 atom stereocenters. The molecule has 1 aliphatic carbocycles. The van der Waals surface area contributed by atoms with Crippen LogP contribution in [0, 0.1) is 0 Å². The molecule has 0 saturated heterocycles. The van der Waals surface area contributed by atoms with Crippen molar-refractivity contribution in [2.75, 3.05) is 11.9 Å². The summed E-state index contributed by atoms with van der Waals surface area (Å²) in [4.78, 5) is 15.0. The number of aliphatic hydroxyl groups excluding tert-OH is 1. The van der Waals surface area contributed by atoms with E-state index in [-0.39, 0.29) is 12.6 Å².